The van der Waals surface area contributed by atoms with Crippen molar-refractivity contribution in [3.05, 3.63) is 33.1 Å². The summed E-state index contributed by atoms with van der Waals surface area (Å²) in [4.78, 5) is 49.4. The summed E-state index contributed by atoms with van der Waals surface area (Å²) in [7, 11) is -10.5. The fourth-order valence-corrected chi connectivity index (χ4v) is 6.63. The fraction of sp³-hybridized carbons (Fsp3) is 0.750. The van der Waals surface area contributed by atoms with Crippen molar-refractivity contribution in [2.24, 2.45) is 0 Å². The molecule has 200 valence electrons. The first-order chi connectivity index (χ1) is 16.2. The zero-order chi connectivity index (χ0) is 26.1. The quantitative estimate of drug-likeness (QED) is 0.115. The third kappa shape index (κ3) is 9.36. The van der Waals surface area contributed by atoms with Gasteiger partial charge in [0.15, 0.2) is 12.5 Å². The predicted octanol–water partition coefficient (Wildman–Crippen LogP) is -10.9. The Labute approximate surface area is 253 Å². The summed E-state index contributed by atoms with van der Waals surface area (Å²) >= 11 is 0. The fourth-order valence-electron chi connectivity index (χ4n) is 3.48. The monoisotopic (exact) mass is 592 g/mol. The second kappa shape index (κ2) is 14.5. The molecule has 0 amide bonds. The van der Waals surface area contributed by atoms with Crippen LogP contribution in [0.3, 0.4) is 0 Å². The van der Waals surface area contributed by atoms with Crippen LogP contribution in [0.15, 0.2) is 21.9 Å². The average molecular weight is 592 g/mol. The summed E-state index contributed by atoms with van der Waals surface area (Å²) < 4.78 is 44.6. The van der Waals surface area contributed by atoms with Gasteiger partial charge in [0.25, 0.3) is 5.56 Å². The molecule has 2 unspecified atom stereocenters. The summed E-state index contributed by atoms with van der Waals surface area (Å²) in [6.07, 6.45) is -12.2. The van der Waals surface area contributed by atoms with Gasteiger partial charge < -0.3 is 63.0 Å². The van der Waals surface area contributed by atoms with E-state index in [1.165, 1.54) is 0 Å². The molecule has 2 aliphatic heterocycles. The molecule has 2 saturated heterocycles. The molecule has 21 heteroatoms. The number of rotatable bonds is 9. The molecule has 10 atom stereocenters. The van der Waals surface area contributed by atoms with Gasteiger partial charge in [0.2, 0.25) is 0 Å². The molecule has 0 saturated carbocycles. The number of H-pyrrole nitrogens is 1. The van der Waals surface area contributed by atoms with Crippen molar-refractivity contribution in [1.82, 2.24) is 9.55 Å². The van der Waals surface area contributed by atoms with Crippen LogP contribution in [0.1, 0.15) is 12.6 Å². The Morgan fingerprint density at radius 3 is 2.30 bits per heavy atom. The number of hydrogen-bond acceptors (Lipinski definition) is 15. The van der Waals surface area contributed by atoms with Crippen molar-refractivity contribution in [2.45, 2.75) is 55.6 Å². The van der Waals surface area contributed by atoms with Gasteiger partial charge in [0.05, 0.1) is 31.3 Å². The third-order valence-electron chi connectivity index (χ3n) is 5.22. The van der Waals surface area contributed by atoms with Crippen molar-refractivity contribution >= 4 is 15.2 Å². The Kier molecular flexibility index (Phi) is 14.0. The van der Waals surface area contributed by atoms with E-state index in [0.717, 1.165) is 16.8 Å². The van der Waals surface area contributed by atoms with E-state index >= 15 is 0 Å². The number of hydrogen-bond donors (Lipinski definition) is 6. The van der Waals surface area contributed by atoms with Crippen molar-refractivity contribution in [1.29, 1.82) is 0 Å². The van der Waals surface area contributed by atoms with Gasteiger partial charge in [0, 0.05) is 18.7 Å². The molecule has 0 spiro atoms. The molecule has 0 bridgehead atoms. The molecule has 17 nitrogen and oxygen atoms in total. The maximum atomic E-state index is 12.2. The molecule has 2 fully saturated rings. The summed E-state index contributed by atoms with van der Waals surface area (Å²) in [5.41, 5.74) is -1.71. The van der Waals surface area contributed by atoms with Gasteiger partial charge >= 0.3 is 64.8 Å². The maximum absolute atomic E-state index is 12.2. The predicted molar refractivity (Wildman–Crippen MR) is 107 cm³/mol. The molecule has 3 heterocycles. The van der Waals surface area contributed by atoms with Gasteiger partial charge in [0.1, 0.15) is 39.6 Å². The number of ether oxygens (including phenoxy) is 2. The molecule has 0 aliphatic carbocycles. The molecule has 6 N–H and O–H groups in total. The van der Waals surface area contributed by atoms with Crippen molar-refractivity contribution < 1.29 is 122 Å². The van der Waals surface area contributed by atoms with Gasteiger partial charge in [-0.15, -0.1) is 0 Å². The van der Waals surface area contributed by atoms with Gasteiger partial charge in [-0.2, -0.15) is 0 Å². The first-order valence-corrected chi connectivity index (χ1v) is 13.6. The van der Waals surface area contributed by atoms with Crippen LogP contribution in [0.5, 0.6) is 0 Å². The van der Waals surface area contributed by atoms with Crippen LogP contribution in [0.25, 0.3) is 0 Å². The van der Waals surface area contributed by atoms with Crippen LogP contribution in [-0.2, 0) is 27.7 Å². The van der Waals surface area contributed by atoms with Gasteiger partial charge in [-0.3, -0.25) is 14.3 Å². The van der Waals surface area contributed by atoms with E-state index in [4.69, 9.17) is 14.6 Å². The second-order valence-corrected chi connectivity index (χ2v) is 12.0. The standard InChI is InChI=1S/C16H26N2O15P2.2Na/c19-4-7-3-8(20)11(22)15(31-7)33-35(28,29)6-34(26,27)30-5-9-12(23)13(24)14(32-9)18-2-1-10(21)17-16(18)25;;/h1-2,7-9,11-15,19-20,22-24H,3-6H2,(H,26,27)(H,28,29)(H,17,21,25);;/q;2*+1/p-2/t7-,8-,9+,11+,12+,13+,14+,15+;;/m0../s1. The SMILES string of the molecule is O=c1ccn([C@@H]2O[C@H](COP(=O)([O-])CP(=O)([O-])O[C@H]3O[C@H](CO)C[C@H](O)[C@H]3O)[C@@H](O)[C@H]2O)c(=O)[nH]1.[Na+].[Na+]. The minimum Gasteiger partial charge on any atom is -0.778 e. The Morgan fingerprint density at radius 1 is 1.05 bits per heavy atom. The number of nitrogens with zero attached hydrogens (tertiary/aromatic N) is 1. The minimum absolute atomic E-state index is 0. The van der Waals surface area contributed by atoms with E-state index in [0.29, 0.717) is 0 Å². The summed E-state index contributed by atoms with van der Waals surface area (Å²) in [6, 6.07) is 0.944. The normalized spacial score (nSPS) is 35.0. The summed E-state index contributed by atoms with van der Waals surface area (Å²) in [6.45, 7) is -1.58. The number of aromatic amines is 1. The molecule has 0 radical (unpaired) electrons. The third-order valence-corrected chi connectivity index (χ3v) is 9.06. The molecule has 1 aromatic heterocycles. The molecule has 0 aromatic carbocycles. The zero-order valence-electron chi connectivity index (χ0n) is 19.8. The van der Waals surface area contributed by atoms with E-state index in [9.17, 15) is 48.9 Å². The van der Waals surface area contributed by atoms with E-state index in [2.05, 4.69) is 9.05 Å². The van der Waals surface area contributed by atoms with Crippen LogP contribution >= 0.6 is 15.2 Å². The van der Waals surface area contributed by atoms with E-state index in [1.54, 1.807) is 0 Å². The van der Waals surface area contributed by atoms with E-state index in [1.807, 2.05) is 4.98 Å². The molecule has 37 heavy (non-hydrogen) atoms. The Hall–Kier alpha value is 0.700. The Morgan fingerprint density at radius 2 is 1.70 bits per heavy atom. The number of aliphatic hydroxyl groups is 5. The number of aliphatic hydroxyl groups excluding tert-OH is 5. The second-order valence-electron chi connectivity index (χ2n) is 7.93. The first-order valence-electron chi connectivity index (χ1n) is 10.1. The topological polar surface area (TPSA) is 273 Å². The van der Waals surface area contributed by atoms with Crippen LogP contribution in [0.2, 0.25) is 0 Å². The van der Waals surface area contributed by atoms with Crippen molar-refractivity contribution in [3.8, 4) is 0 Å². The average Bonchev–Trinajstić information content (AvgIpc) is 3.03. The number of aromatic nitrogens is 2. The molecule has 3 rings (SSSR count). The Balaban J connectivity index is 0.00000342. The maximum Gasteiger partial charge on any atom is 1.00 e. The molecule has 2 aliphatic rings. The van der Waals surface area contributed by atoms with E-state index < -0.39 is 94.7 Å². The Bertz CT molecular complexity index is 1100. The van der Waals surface area contributed by atoms with Crippen LogP contribution in [0.4, 0.5) is 0 Å². The van der Waals surface area contributed by atoms with E-state index in [-0.39, 0.29) is 65.5 Å². The molecular formula is C16H24N2Na2O15P2. The first kappa shape index (κ1) is 35.7. The van der Waals surface area contributed by atoms with Crippen molar-refractivity contribution in [3.63, 3.8) is 0 Å². The zero-order valence-corrected chi connectivity index (χ0v) is 25.6. The van der Waals surface area contributed by atoms with Gasteiger partial charge in [-0.1, -0.05) is 0 Å². The summed E-state index contributed by atoms with van der Waals surface area (Å²) in [5.74, 6) is -1.71. The van der Waals surface area contributed by atoms with Crippen LogP contribution in [0, 0.1) is 0 Å². The van der Waals surface area contributed by atoms with Crippen LogP contribution < -0.4 is 80.2 Å². The summed E-state index contributed by atoms with van der Waals surface area (Å²) in [5, 5.41) is 48.9. The number of nitrogens with one attached hydrogen (secondary N) is 1. The van der Waals surface area contributed by atoms with Gasteiger partial charge in [-0.05, 0) is 0 Å². The van der Waals surface area contributed by atoms with Gasteiger partial charge in [-0.25, -0.2) is 4.79 Å². The molecular weight excluding hydrogens is 568 g/mol. The molecule has 1 aromatic rings. The minimum atomic E-state index is -5.30. The van der Waals surface area contributed by atoms with Crippen LogP contribution in [-0.4, -0.2) is 97.1 Å². The van der Waals surface area contributed by atoms with Crippen molar-refractivity contribution in [2.75, 3.05) is 19.1 Å². The smallest absolute Gasteiger partial charge is 0.778 e. The largest absolute Gasteiger partial charge is 1.00 e.